The molecule has 5 atom stereocenters. The molecule has 4 rings (SSSR count). The topological polar surface area (TPSA) is 95.9 Å². The standard InChI is InChI=1S/C27H32N2O5/c1-4-15-34-20-13-11-19(12-14-20)23-21-22(27(28-23,26(32)33)17(3)5-2)25(31)29(24(21)30)16-18-9-7-6-8-10-18/h6-14,17,21-23,28H,4-5,15-16H2,1-3H3,(H,32,33). The van der Waals surface area contributed by atoms with E-state index < -0.39 is 35.3 Å². The zero-order valence-electron chi connectivity index (χ0n) is 19.9. The van der Waals surface area contributed by atoms with Crippen LogP contribution in [-0.2, 0) is 20.9 Å². The van der Waals surface area contributed by atoms with Gasteiger partial charge in [0.25, 0.3) is 0 Å². The van der Waals surface area contributed by atoms with E-state index in [0.29, 0.717) is 18.8 Å². The number of imide groups is 1. The number of ether oxygens (including phenoxy) is 1. The molecule has 0 radical (unpaired) electrons. The molecule has 5 unspecified atom stereocenters. The number of carboxylic acids is 1. The Morgan fingerprint density at radius 2 is 1.76 bits per heavy atom. The van der Waals surface area contributed by atoms with Crippen molar-refractivity contribution in [3.63, 3.8) is 0 Å². The number of benzene rings is 2. The molecular formula is C27H32N2O5. The summed E-state index contributed by atoms with van der Waals surface area (Å²) in [6.07, 6.45) is 1.44. The average Bonchev–Trinajstić information content (AvgIpc) is 3.34. The minimum absolute atomic E-state index is 0.137. The number of hydrogen-bond acceptors (Lipinski definition) is 5. The third-order valence-electron chi connectivity index (χ3n) is 7.33. The van der Waals surface area contributed by atoms with Crippen LogP contribution in [0.25, 0.3) is 0 Å². The summed E-state index contributed by atoms with van der Waals surface area (Å²) in [7, 11) is 0. The van der Waals surface area contributed by atoms with Crippen molar-refractivity contribution in [1.82, 2.24) is 10.2 Å². The Bertz CT molecular complexity index is 1050. The van der Waals surface area contributed by atoms with Crippen molar-refractivity contribution < 1.29 is 24.2 Å². The zero-order chi connectivity index (χ0) is 24.5. The molecule has 7 nitrogen and oxygen atoms in total. The predicted molar refractivity (Wildman–Crippen MR) is 127 cm³/mol. The zero-order valence-corrected chi connectivity index (χ0v) is 19.9. The molecular weight excluding hydrogens is 432 g/mol. The summed E-state index contributed by atoms with van der Waals surface area (Å²) >= 11 is 0. The van der Waals surface area contributed by atoms with Gasteiger partial charge in [-0.1, -0.05) is 69.7 Å². The molecule has 0 aliphatic carbocycles. The first-order valence-electron chi connectivity index (χ1n) is 12.0. The van der Waals surface area contributed by atoms with Crippen LogP contribution in [0.5, 0.6) is 5.75 Å². The first-order chi connectivity index (χ1) is 16.3. The number of hydrogen-bond donors (Lipinski definition) is 2. The van der Waals surface area contributed by atoms with E-state index in [-0.39, 0.29) is 18.4 Å². The van der Waals surface area contributed by atoms with Crippen LogP contribution < -0.4 is 10.1 Å². The maximum absolute atomic E-state index is 13.7. The maximum Gasteiger partial charge on any atom is 0.325 e. The molecule has 2 aromatic carbocycles. The molecule has 34 heavy (non-hydrogen) atoms. The fraction of sp³-hybridized carbons (Fsp3) is 0.444. The first-order valence-corrected chi connectivity index (χ1v) is 12.0. The monoisotopic (exact) mass is 464 g/mol. The molecule has 2 aliphatic rings. The third-order valence-corrected chi connectivity index (χ3v) is 7.33. The molecule has 0 spiro atoms. The van der Waals surface area contributed by atoms with Gasteiger partial charge in [0, 0.05) is 6.04 Å². The Morgan fingerprint density at radius 1 is 1.09 bits per heavy atom. The molecule has 2 aliphatic heterocycles. The van der Waals surface area contributed by atoms with Crippen LogP contribution in [0.3, 0.4) is 0 Å². The van der Waals surface area contributed by atoms with Crippen molar-refractivity contribution in [2.45, 2.75) is 51.7 Å². The molecule has 0 saturated carbocycles. The van der Waals surface area contributed by atoms with E-state index >= 15 is 0 Å². The Kier molecular flexibility index (Phi) is 6.75. The van der Waals surface area contributed by atoms with Gasteiger partial charge in [0.2, 0.25) is 11.8 Å². The summed E-state index contributed by atoms with van der Waals surface area (Å²) in [6.45, 7) is 6.50. The number of fused-ring (bicyclic) bond motifs is 1. The Labute approximate surface area is 200 Å². The second-order valence-electron chi connectivity index (χ2n) is 9.27. The van der Waals surface area contributed by atoms with Gasteiger partial charge in [-0.05, 0) is 35.6 Å². The van der Waals surface area contributed by atoms with Gasteiger partial charge in [-0.15, -0.1) is 0 Å². The highest BCUT2D eigenvalue weighted by atomic mass is 16.5. The van der Waals surface area contributed by atoms with E-state index in [1.165, 1.54) is 4.90 Å². The molecule has 2 amide bonds. The second-order valence-corrected chi connectivity index (χ2v) is 9.27. The maximum atomic E-state index is 13.7. The summed E-state index contributed by atoms with van der Waals surface area (Å²) in [4.78, 5) is 41.4. The van der Waals surface area contributed by atoms with Crippen LogP contribution in [0, 0.1) is 17.8 Å². The quantitative estimate of drug-likeness (QED) is 0.548. The van der Waals surface area contributed by atoms with Gasteiger partial charge in [0.1, 0.15) is 11.3 Å². The van der Waals surface area contributed by atoms with Gasteiger partial charge in [0.15, 0.2) is 0 Å². The van der Waals surface area contributed by atoms with Crippen molar-refractivity contribution in [2.24, 2.45) is 17.8 Å². The fourth-order valence-corrected chi connectivity index (χ4v) is 5.38. The van der Waals surface area contributed by atoms with E-state index in [9.17, 15) is 19.5 Å². The highest BCUT2D eigenvalue weighted by molar-refractivity contribution is 6.09. The van der Waals surface area contributed by atoms with Crippen LogP contribution in [-0.4, -0.2) is 39.9 Å². The highest BCUT2D eigenvalue weighted by Gasteiger charge is 2.69. The van der Waals surface area contributed by atoms with Gasteiger partial charge in [-0.2, -0.15) is 0 Å². The number of nitrogens with zero attached hydrogens (tertiary/aromatic N) is 1. The van der Waals surface area contributed by atoms with Gasteiger partial charge in [-0.3, -0.25) is 24.6 Å². The van der Waals surface area contributed by atoms with Crippen molar-refractivity contribution in [3.8, 4) is 5.75 Å². The van der Waals surface area contributed by atoms with Crippen LogP contribution in [0.4, 0.5) is 0 Å². The molecule has 2 saturated heterocycles. The Morgan fingerprint density at radius 3 is 2.35 bits per heavy atom. The average molecular weight is 465 g/mol. The lowest BCUT2D eigenvalue weighted by molar-refractivity contribution is -0.154. The number of rotatable bonds is 9. The minimum Gasteiger partial charge on any atom is -0.494 e. The van der Waals surface area contributed by atoms with Crippen LogP contribution in [0.15, 0.2) is 54.6 Å². The van der Waals surface area contributed by atoms with Crippen molar-refractivity contribution in [1.29, 1.82) is 0 Å². The Balaban J connectivity index is 1.75. The number of amides is 2. The number of carboxylic acid groups (broad SMARTS) is 1. The molecule has 180 valence electrons. The lowest BCUT2D eigenvalue weighted by Crippen LogP contribution is -2.59. The van der Waals surface area contributed by atoms with Crippen LogP contribution in [0.2, 0.25) is 0 Å². The van der Waals surface area contributed by atoms with E-state index in [2.05, 4.69) is 5.32 Å². The van der Waals surface area contributed by atoms with Gasteiger partial charge >= 0.3 is 5.97 Å². The molecule has 2 heterocycles. The number of aliphatic carboxylic acids is 1. The lowest BCUT2D eigenvalue weighted by atomic mass is 9.72. The number of carbonyl (C=O) groups excluding carboxylic acids is 2. The summed E-state index contributed by atoms with van der Waals surface area (Å²) in [5, 5.41) is 13.7. The van der Waals surface area contributed by atoms with E-state index in [1.54, 1.807) is 0 Å². The summed E-state index contributed by atoms with van der Waals surface area (Å²) in [5.41, 5.74) is 0.0724. The molecule has 0 bridgehead atoms. The summed E-state index contributed by atoms with van der Waals surface area (Å²) in [5.74, 6) is -3.24. The number of nitrogens with one attached hydrogen (secondary N) is 1. The third kappa shape index (κ3) is 3.88. The van der Waals surface area contributed by atoms with Gasteiger partial charge < -0.3 is 9.84 Å². The molecule has 0 aromatic heterocycles. The molecule has 2 fully saturated rings. The van der Waals surface area contributed by atoms with Gasteiger partial charge in [-0.25, -0.2) is 0 Å². The lowest BCUT2D eigenvalue weighted by Gasteiger charge is -2.36. The largest absolute Gasteiger partial charge is 0.494 e. The van der Waals surface area contributed by atoms with E-state index in [1.807, 2.05) is 75.4 Å². The molecule has 2 aromatic rings. The SMILES string of the molecule is CCCOc1ccc(C2NC(C(=O)O)(C(C)CC)C3C(=O)N(Cc4ccccc4)C(=O)C23)cc1. The van der Waals surface area contributed by atoms with E-state index in [0.717, 1.165) is 17.5 Å². The van der Waals surface area contributed by atoms with Crippen LogP contribution >= 0.6 is 0 Å². The minimum atomic E-state index is -1.53. The second kappa shape index (κ2) is 9.58. The van der Waals surface area contributed by atoms with Crippen molar-refractivity contribution in [2.75, 3.05) is 6.61 Å². The number of likely N-dealkylation sites (tertiary alicyclic amines) is 1. The predicted octanol–water partition coefficient (Wildman–Crippen LogP) is 3.79. The van der Waals surface area contributed by atoms with E-state index in [4.69, 9.17) is 4.74 Å². The Hall–Kier alpha value is -3.19. The fourth-order valence-electron chi connectivity index (χ4n) is 5.38. The normalized spacial score (nSPS) is 27.0. The van der Waals surface area contributed by atoms with Crippen LogP contribution in [0.1, 0.15) is 50.8 Å². The van der Waals surface area contributed by atoms with Crippen molar-refractivity contribution in [3.05, 3.63) is 65.7 Å². The summed E-state index contributed by atoms with van der Waals surface area (Å²) < 4.78 is 5.67. The first kappa shape index (κ1) is 24.0. The highest BCUT2D eigenvalue weighted by Crippen LogP contribution is 2.52. The molecule has 7 heteroatoms. The number of carbonyl (C=O) groups is 3. The molecule has 2 N–H and O–H groups in total. The smallest absolute Gasteiger partial charge is 0.325 e. The summed E-state index contributed by atoms with van der Waals surface area (Å²) in [6, 6.07) is 16.1. The van der Waals surface area contributed by atoms with Gasteiger partial charge in [0.05, 0.1) is 25.0 Å². The van der Waals surface area contributed by atoms with Crippen molar-refractivity contribution >= 4 is 17.8 Å².